The average molecular weight is 326 g/mol. The van der Waals surface area contributed by atoms with Crippen LogP contribution in [0.15, 0.2) is 18.2 Å². The van der Waals surface area contributed by atoms with E-state index in [0.29, 0.717) is 17.7 Å². The lowest BCUT2D eigenvalue weighted by molar-refractivity contribution is -0.893. The summed E-state index contributed by atoms with van der Waals surface area (Å²) in [5.41, 5.74) is 1.81. The van der Waals surface area contributed by atoms with E-state index in [1.54, 1.807) is 6.07 Å². The second kappa shape index (κ2) is 8.51. The molecule has 0 aliphatic carbocycles. The molecule has 1 aliphatic rings. The fraction of sp³-hybridized carbons (Fsp3) is 0.588. The van der Waals surface area contributed by atoms with Gasteiger partial charge in [-0.25, -0.2) is 0 Å². The van der Waals surface area contributed by atoms with E-state index in [1.165, 1.54) is 11.3 Å². The fourth-order valence-electron chi connectivity index (χ4n) is 2.78. The summed E-state index contributed by atoms with van der Waals surface area (Å²) in [4.78, 5) is 13.5. The predicted octanol–water partition coefficient (Wildman–Crippen LogP) is 2.06. The van der Waals surface area contributed by atoms with Crippen molar-refractivity contribution in [2.24, 2.45) is 0 Å². The molecule has 0 saturated carbocycles. The zero-order valence-corrected chi connectivity index (χ0v) is 14.2. The quantitative estimate of drug-likeness (QED) is 0.841. The van der Waals surface area contributed by atoms with Crippen molar-refractivity contribution in [2.45, 2.75) is 39.2 Å². The number of rotatable bonds is 6. The van der Waals surface area contributed by atoms with Crippen LogP contribution in [0.1, 0.15) is 31.7 Å². The molecule has 0 spiro atoms. The lowest BCUT2D eigenvalue weighted by Gasteiger charge is -2.26. The van der Waals surface area contributed by atoms with E-state index < -0.39 is 0 Å². The molecule has 1 saturated heterocycles. The minimum absolute atomic E-state index is 0.0260. The first-order valence-corrected chi connectivity index (χ1v) is 8.47. The van der Waals surface area contributed by atoms with E-state index in [1.807, 2.05) is 19.1 Å². The average Bonchev–Trinajstić information content (AvgIpc) is 2.51. The van der Waals surface area contributed by atoms with Crippen molar-refractivity contribution in [1.82, 2.24) is 0 Å². The van der Waals surface area contributed by atoms with Crippen LogP contribution < -0.4 is 10.2 Å². The number of aryl methyl sites for hydroxylation is 1. The van der Waals surface area contributed by atoms with Gasteiger partial charge in [-0.05, 0) is 50.8 Å². The van der Waals surface area contributed by atoms with Gasteiger partial charge in [0.1, 0.15) is 12.6 Å². The maximum absolute atomic E-state index is 12.3. The minimum Gasteiger partial charge on any atom is -0.372 e. The van der Waals surface area contributed by atoms with Gasteiger partial charge < -0.3 is 15.0 Å². The smallest absolute Gasteiger partial charge is 0.279 e. The van der Waals surface area contributed by atoms with Crippen molar-refractivity contribution in [2.75, 3.05) is 31.6 Å². The normalized spacial score (nSPS) is 19.7. The maximum atomic E-state index is 12.3. The van der Waals surface area contributed by atoms with E-state index in [9.17, 15) is 4.79 Å². The molecule has 22 heavy (non-hydrogen) atoms. The molecule has 1 aromatic rings. The molecule has 0 bridgehead atoms. The maximum Gasteiger partial charge on any atom is 0.279 e. The zero-order valence-electron chi connectivity index (χ0n) is 13.5. The standard InChI is InChI=1S/C17H25ClN2O2/c1-3-20(11-15-6-4-5-9-22-15)12-17(21)19-16-10-14(18)8-7-13(16)2/h7-8,10,15H,3-6,9,11-12H2,1-2H3,(H,19,21)/p+1/t15-/m0/s1. The number of nitrogens with one attached hydrogen (secondary N) is 2. The molecular weight excluding hydrogens is 300 g/mol. The second-order valence-corrected chi connectivity index (χ2v) is 6.42. The molecule has 122 valence electrons. The first-order chi connectivity index (χ1) is 10.6. The molecule has 0 aromatic heterocycles. The molecule has 2 atom stereocenters. The molecular formula is C17H26ClN2O2+. The van der Waals surface area contributed by atoms with E-state index in [4.69, 9.17) is 16.3 Å². The largest absolute Gasteiger partial charge is 0.372 e. The SMILES string of the molecule is CC[NH+](CC(=O)Nc1cc(Cl)ccc1C)C[C@@H]1CCCCO1. The Morgan fingerprint density at radius 3 is 2.95 bits per heavy atom. The number of likely N-dealkylation sites (N-methyl/N-ethyl adjacent to an activating group) is 1. The van der Waals surface area contributed by atoms with E-state index in [2.05, 4.69) is 12.2 Å². The highest BCUT2D eigenvalue weighted by Gasteiger charge is 2.21. The molecule has 1 unspecified atom stereocenters. The van der Waals surface area contributed by atoms with Crippen LogP contribution in [0.3, 0.4) is 0 Å². The third kappa shape index (κ3) is 5.27. The number of carbonyl (C=O) groups is 1. The molecule has 0 radical (unpaired) electrons. The number of hydrogen-bond donors (Lipinski definition) is 2. The van der Waals surface area contributed by atoms with Gasteiger partial charge in [0.25, 0.3) is 5.91 Å². The zero-order chi connectivity index (χ0) is 15.9. The Morgan fingerprint density at radius 2 is 2.27 bits per heavy atom. The van der Waals surface area contributed by atoms with Crippen molar-refractivity contribution in [3.63, 3.8) is 0 Å². The van der Waals surface area contributed by atoms with Gasteiger partial charge in [0, 0.05) is 17.3 Å². The van der Waals surface area contributed by atoms with Crippen LogP contribution in [0.5, 0.6) is 0 Å². The highest BCUT2D eigenvalue weighted by Crippen LogP contribution is 2.19. The second-order valence-electron chi connectivity index (χ2n) is 5.98. The number of benzene rings is 1. The number of amides is 1. The molecule has 1 fully saturated rings. The Hall–Kier alpha value is -1.10. The van der Waals surface area contributed by atoms with Crippen molar-refractivity contribution >= 4 is 23.2 Å². The Labute approximate surface area is 137 Å². The molecule has 1 amide bonds. The number of halogens is 1. The van der Waals surface area contributed by atoms with E-state index in [0.717, 1.165) is 43.8 Å². The summed E-state index contributed by atoms with van der Waals surface area (Å²) in [6.45, 7) is 7.21. The molecule has 2 N–H and O–H groups in total. The van der Waals surface area contributed by atoms with Gasteiger partial charge in [-0.15, -0.1) is 0 Å². The summed E-state index contributed by atoms with van der Waals surface area (Å²) in [6.07, 6.45) is 3.80. The van der Waals surface area contributed by atoms with Crippen LogP contribution in [0.4, 0.5) is 5.69 Å². The van der Waals surface area contributed by atoms with Crippen molar-refractivity contribution in [3.05, 3.63) is 28.8 Å². The third-order valence-electron chi connectivity index (χ3n) is 4.17. The lowest BCUT2D eigenvalue weighted by atomic mass is 10.1. The van der Waals surface area contributed by atoms with E-state index in [-0.39, 0.29) is 5.91 Å². The Morgan fingerprint density at radius 1 is 1.45 bits per heavy atom. The van der Waals surface area contributed by atoms with Crippen LogP contribution in [-0.2, 0) is 9.53 Å². The summed E-state index contributed by atoms with van der Waals surface area (Å²) >= 11 is 5.99. The summed E-state index contributed by atoms with van der Waals surface area (Å²) < 4.78 is 5.77. The topological polar surface area (TPSA) is 42.8 Å². The van der Waals surface area contributed by atoms with Crippen molar-refractivity contribution < 1.29 is 14.4 Å². The molecule has 1 aromatic carbocycles. The van der Waals surface area contributed by atoms with Gasteiger partial charge in [0.15, 0.2) is 6.54 Å². The summed E-state index contributed by atoms with van der Waals surface area (Å²) in [5, 5.41) is 3.60. The van der Waals surface area contributed by atoms with Crippen molar-refractivity contribution in [1.29, 1.82) is 0 Å². The summed E-state index contributed by atoms with van der Waals surface area (Å²) in [5.74, 6) is 0.0260. The van der Waals surface area contributed by atoms with Crippen LogP contribution in [0, 0.1) is 6.92 Å². The molecule has 5 heteroatoms. The van der Waals surface area contributed by atoms with Gasteiger partial charge in [-0.3, -0.25) is 4.79 Å². The summed E-state index contributed by atoms with van der Waals surface area (Å²) in [6, 6.07) is 5.54. The fourth-order valence-corrected chi connectivity index (χ4v) is 2.95. The van der Waals surface area contributed by atoms with Crippen molar-refractivity contribution in [3.8, 4) is 0 Å². The van der Waals surface area contributed by atoms with Crippen LogP contribution in [0.2, 0.25) is 5.02 Å². The van der Waals surface area contributed by atoms with Crippen LogP contribution >= 0.6 is 11.6 Å². The first kappa shape index (κ1) is 17.3. The van der Waals surface area contributed by atoms with Gasteiger partial charge in [-0.1, -0.05) is 17.7 Å². The Bertz CT molecular complexity index is 501. The first-order valence-electron chi connectivity index (χ1n) is 8.09. The van der Waals surface area contributed by atoms with Gasteiger partial charge >= 0.3 is 0 Å². The highest BCUT2D eigenvalue weighted by atomic mass is 35.5. The van der Waals surface area contributed by atoms with E-state index >= 15 is 0 Å². The van der Waals surface area contributed by atoms with Crippen LogP contribution in [0.25, 0.3) is 0 Å². The van der Waals surface area contributed by atoms with Gasteiger partial charge in [0.05, 0.1) is 6.54 Å². The number of anilines is 1. The van der Waals surface area contributed by atoms with Crippen LogP contribution in [-0.4, -0.2) is 38.3 Å². The monoisotopic (exact) mass is 325 g/mol. The van der Waals surface area contributed by atoms with Gasteiger partial charge in [-0.2, -0.15) is 0 Å². The number of carbonyl (C=O) groups excluding carboxylic acids is 1. The predicted molar refractivity (Wildman–Crippen MR) is 89.6 cm³/mol. The molecule has 1 aliphatic heterocycles. The number of quaternary nitrogens is 1. The Balaban J connectivity index is 1.87. The third-order valence-corrected chi connectivity index (χ3v) is 4.41. The molecule has 2 rings (SSSR count). The lowest BCUT2D eigenvalue weighted by Crippen LogP contribution is -3.13. The number of ether oxygens (including phenoxy) is 1. The minimum atomic E-state index is 0.0260. The summed E-state index contributed by atoms with van der Waals surface area (Å²) in [7, 11) is 0. The molecule has 4 nitrogen and oxygen atoms in total. The Kier molecular flexibility index (Phi) is 6.68. The van der Waals surface area contributed by atoms with Gasteiger partial charge in [0.2, 0.25) is 0 Å². The highest BCUT2D eigenvalue weighted by molar-refractivity contribution is 6.31. The number of hydrogen-bond acceptors (Lipinski definition) is 2. The molecule has 1 heterocycles.